The average Bonchev–Trinajstić information content (AvgIpc) is 2.92. The maximum absolute atomic E-state index is 14.4. The third-order valence-electron chi connectivity index (χ3n) is 7.73. The number of amides is 3. The van der Waals surface area contributed by atoms with Gasteiger partial charge in [0.1, 0.15) is 23.4 Å². The summed E-state index contributed by atoms with van der Waals surface area (Å²) >= 11 is 0. The van der Waals surface area contributed by atoms with Crippen molar-refractivity contribution < 1.29 is 33.4 Å². The number of carbonyl (C=O) groups excluding carboxylic acids is 4. The Morgan fingerprint density at radius 1 is 0.911 bits per heavy atom. The number of hydrogen-bond donors (Lipinski definition) is 1. The van der Waals surface area contributed by atoms with E-state index in [9.17, 15) is 19.2 Å². The lowest BCUT2D eigenvalue weighted by Crippen LogP contribution is -2.63. The highest BCUT2D eigenvalue weighted by Crippen LogP contribution is 2.33. The van der Waals surface area contributed by atoms with Gasteiger partial charge in [0.15, 0.2) is 0 Å². The molecular formula is C35H57N3O7. The minimum Gasteiger partial charge on any atom is -0.497 e. The van der Waals surface area contributed by atoms with Crippen LogP contribution in [0.1, 0.15) is 88.6 Å². The number of esters is 1. The van der Waals surface area contributed by atoms with Gasteiger partial charge >= 0.3 is 12.1 Å². The minimum atomic E-state index is -1.06. The topological polar surface area (TPSA) is 114 Å². The maximum Gasteiger partial charge on any atom is 0.410 e. The van der Waals surface area contributed by atoms with E-state index in [2.05, 4.69) is 5.32 Å². The molecule has 0 saturated heterocycles. The molecule has 1 aromatic rings. The van der Waals surface area contributed by atoms with Gasteiger partial charge in [0.2, 0.25) is 11.8 Å². The molecule has 0 aliphatic carbocycles. The van der Waals surface area contributed by atoms with Gasteiger partial charge in [-0.3, -0.25) is 14.5 Å². The van der Waals surface area contributed by atoms with Gasteiger partial charge in [0.05, 0.1) is 19.8 Å². The van der Waals surface area contributed by atoms with Crippen LogP contribution in [0.4, 0.5) is 4.79 Å². The molecule has 0 aliphatic heterocycles. The molecule has 1 N–H and O–H groups in total. The van der Waals surface area contributed by atoms with Crippen LogP contribution in [0.3, 0.4) is 0 Å². The molecule has 0 unspecified atom stereocenters. The average molecular weight is 632 g/mol. The molecule has 0 aromatic heterocycles. The summed E-state index contributed by atoms with van der Waals surface area (Å²) in [4.78, 5) is 57.2. The molecule has 10 nitrogen and oxygen atoms in total. The van der Waals surface area contributed by atoms with Gasteiger partial charge in [-0.15, -0.1) is 0 Å². The van der Waals surface area contributed by atoms with E-state index >= 15 is 0 Å². The van der Waals surface area contributed by atoms with E-state index in [1.165, 1.54) is 11.9 Å². The van der Waals surface area contributed by atoms with Gasteiger partial charge in [-0.2, -0.15) is 0 Å². The summed E-state index contributed by atoms with van der Waals surface area (Å²) in [5.41, 5.74) is -1.23. The first kappa shape index (κ1) is 39.5. The molecule has 0 fully saturated rings. The Bertz CT molecular complexity index is 1210. The second kappa shape index (κ2) is 15.6. The van der Waals surface area contributed by atoms with E-state index in [1.807, 2.05) is 60.6 Å². The Morgan fingerprint density at radius 2 is 1.44 bits per heavy atom. The zero-order chi connectivity index (χ0) is 35.1. The third-order valence-corrected chi connectivity index (χ3v) is 7.73. The fourth-order valence-corrected chi connectivity index (χ4v) is 5.15. The fourth-order valence-electron chi connectivity index (χ4n) is 5.15. The molecule has 0 aliphatic rings. The lowest BCUT2D eigenvalue weighted by Gasteiger charge is -2.42. The minimum absolute atomic E-state index is 0.0419. The molecule has 1 rings (SSSR count). The summed E-state index contributed by atoms with van der Waals surface area (Å²) in [5, 5.41) is 3.01. The highest BCUT2D eigenvalue weighted by Gasteiger charge is 2.46. The molecule has 0 spiro atoms. The van der Waals surface area contributed by atoms with Crippen molar-refractivity contribution in [1.29, 1.82) is 0 Å². The molecule has 3 atom stereocenters. The molecule has 0 radical (unpaired) electrons. The summed E-state index contributed by atoms with van der Waals surface area (Å²) in [6.07, 6.45) is 1.06. The summed E-state index contributed by atoms with van der Waals surface area (Å²) in [5.74, 6) is -0.670. The maximum atomic E-state index is 14.4. The van der Waals surface area contributed by atoms with Gasteiger partial charge in [-0.05, 0) is 63.6 Å². The molecule has 0 saturated carbocycles. The van der Waals surface area contributed by atoms with E-state index in [1.54, 1.807) is 71.9 Å². The van der Waals surface area contributed by atoms with Crippen molar-refractivity contribution in [2.75, 3.05) is 27.8 Å². The molecule has 0 heterocycles. The quantitative estimate of drug-likeness (QED) is 0.231. The lowest BCUT2D eigenvalue weighted by atomic mass is 9.76. The van der Waals surface area contributed by atoms with E-state index in [4.69, 9.17) is 14.2 Å². The number of hydrogen-bond acceptors (Lipinski definition) is 7. The van der Waals surface area contributed by atoms with Gasteiger partial charge in [0.25, 0.3) is 0 Å². The molecule has 45 heavy (non-hydrogen) atoms. The van der Waals surface area contributed by atoms with E-state index in [-0.39, 0.29) is 18.4 Å². The van der Waals surface area contributed by atoms with E-state index in [0.29, 0.717) is 11.3 Å². The van der Waals surface area contributed by atoms with Crippen molar-refractivity contribution in [3.05, 3.63) is 41.5 Å². The van der Waals surface area contributed by atoms with Crippen LogP contribution in [0, 0.1) is 11.3 Å². The highest BCUT2D eigenvalue weighted by atomic mass is 16.6. The number of rotatable bonds is 12. The van der Waals surface area contributed by atoms with Crippen molar-refractivity contribution in [2.24, 2.45) is 11.3 Å². The molecule has 3 amide bonds. The number of carbonyl (C=O) groups is 4. The Morgan fingerprint density at radius 3 is 1.87 bits per heavy atom. The van der Waals surface area contributed by atoms with Gasteiger partial charge in [-0.1, -0.05) is 66.7 Å². The first-order chi connectivity index (χ1) is 20.5. The second-order valence-electron chi connectivity index (χ2n) is 14.5. The fraction of sp³-hybridized carbons (Fsp3) is 0.657. The predicted octanol–water partition coefficient (Wildman–Crippen LogP) is 5.73. The van der Waals surface area contributed by atoms with Crippen LogP contribution in [0.25, 0.3) is 0 Å². The normalized spacial score (nSPS) is 14.6. The smallest absolute Gasteiger partial charge is 0.410 e. The van der Waals surface area contributed by atoms with Crippen LogP contribution in [0.15, 0.2) is 35.9 Å². The first-order valence-electron chi connectivity index (χ1n) is 15.5. The van der Waals surface area contributed by atoms with Gasteiger partial charge < -0.3 is 24.4 Å². The summed E-state index contributed by atoms with van der Waals surface area (Å²) in [7, 11) is 4.77. The van der Waals surface area contributed by atoms with Gasteiger partial charge in [0, 0.05) is 25.1 Å². The number of methoxy groups -OCH3 is 1. The van der Waals surface area contributed by atoms with E-state index < -0.39 is 52.5 Å². The third kappa shape index (κ3) is 10.8. The molecule has 10 heteroatoms. The second-order valence-corrected chi connectivity index (χ2v) is 14.5. The van der Waals surface area contributed by atoms with Crippen LogP contribution >= 0.6 is 0 Å². The SMILES string of the molecule is CCOC(=O)C(C)=C[C@H](C(C)C)N(C)C(=O)[C@@H](NC(=O)[C@@H](N(C)C(=O)OC(C)(C)C)C(C)(C)c1ccc(OC)cc1)C(C)(C)C. The van der Waals surface area contributed by atoms with Crippen molar-refractivity contribution in [3.8, 4) is 5.75 Å². The van der Waals surface area contributed by atoms with Crippen LogP contribution in [-0.2, 0) is 29.3 Å². The van der Waals surface area contributed by atoms with Crippen molar-refractivity contribution in [1.82, 2.24) is 15.1 Å². The monoisotopic (exact) mass is 631 g/mol. The number of nitrogens with one attached hydrogen (secondary N) is 1. The number of ether oxygens (including phenoxy) is 3. The predicted molar refractivity (Wildman–Crippen MR) is 177 cm³/mol. The van der Waals surface area contributed by atoms with Gasteiger partial charge in [-0.25, -0.2) is 9.59 Å². The lowest BCUT2D eigenvalue weighted by molar-refractivity contribution is -0.142. The van der Waals surface area contributed by atoms with Crippen molar-refractivity contribution >= 4 is 23.9 Å². The summed E-state index contributed by atoms with van der Waals surface area (Å²) < 4.78 is 16.1. The Kier molecular flexibility index (Phi) is 13.7. The zero-order valence-electron chi connectivity index (χ0n) is 30.2. The summed E-state index contributed by atoms with van der Waals surface area (Å²) in [6.45, 7) is 22.2. The Labute approximate surface area is 270 Å². The van der Waals surface area contributed by atoms with Crippen molar-refractivity contribution in [3.63, 3.8) is 0 Å². The number of benzene rings is 1. The Hall–Kier alpha value is -3.56. The molecule has 254 valence electrons. The van der Waals surface area contributed by atoms with Crippen LogP contribution in [-0.4, -0.2) is 85.2 Å². The van der Waals surface area contributed by atoms with Crippen LogP contribution in [0.2, 0.25) is 0 Å². The first-order valence-corrected chi connectivity index (χ1v) is 15.5. The molecule has 0 bridgehead atoms. The summed E-state index contributed by atoms with van der Waals surface area (Å²) in [6, 6.07) is 4.84. The standard InChI is InChI=1S/C35H57N3O7/c1-16-44-31(41)23(4)21-26(22(2)3)37(13)30(40)27(33(5,6)7)36-29(39)28(38(14)32(42)45-34(8,9)10)35(11,12)24-17-19-25(43-15)20-18-24/h17-22,26-28H,16H2,1-15H3,(H,36,39)/t26-,27-,28-/m1/s1. The van der Waals surface area contributed by atoms with Crippen LogP contribution < -0.4 is 10.1 Å². The highest BCUT2D eigenvalue weighted by molar-refractivity contribution is 5.93. The van der Waals surface area contributed by atoms with Crippen LogP contribution in [0.5, 0.6) is 5.75 Å². The molecule has 1 aromatic carbocycles. The zero-order valence-corrected chi connectivity index (χ0v) is 30.2. The Balaban J connectivity index is 3.63. The number of likely N-dealkylation sites (N-methyl/N-ethyl adjacent to an activating group) is 2. The van der Waals surface area contributed by atoms with E-state index in [0.717, 1.165) is 5.56 Å². The molecular weight excluding hydrogens is 574 g/mol. The number of nitrogens with zero attached hydrogens (tertiary/aromatic N) is 2. The largest absolute Gasteiger partial charge is 0.497 e. The van der Waals surface area contributed by atoms with Crippen molar-refractivity contribution in [2.45, 2.75) is 112 Å².